The molecule has 7 heteroatoms. The SMILES string of the molecule is COc1cc(-c2nc(C3CCN(I)CC3)no2)c(F)cc1C. The standard InChI is InChI=1S/C15H17FIN3O2/c1-9-7-12(16)11(8-13(9)21-2)15-18-14(19-22-15)10-3-5-20(17)6-4-10/h7-8,10H,3-6H2,1-2H3. The highest BCUT2D eigenvalue weighted by Crippen LogP contribution is 2.32. The van der Waals surface area contributed by atoms with Gasteiger partial charge in [-0.05, 0) is 37.5 Å². The number of halogens is 2. The van der Waals surface area contributed by atoms with Crippen molar-refractivity contribution in [1.82, 2.24) is 13.3 Å². The van der Waals surface area contributed by atoms with E-state index in [0.29, 0.717) is 11.6 Å². The molecular formula is C15H17FIN3O2. The molecular weight excluding hydrogens is 400 g/mol. The first-order chi connectivity index (χ1) is 10.6. The Bertz CT molecular complexity index is 669. The van der Waals surface area contributed by atoms with Gasteiger partial charge in [0.25, 0.3) is 5.89 Å². The van der Waals surface area contributed by atoms with E-state index in [4.69, 9.17) is 9.26 Å². The lowest BCUT2D eigenvalue weighted by atomic mass is 9.97. The molecule has 1 aromatic carbocycles. The van der Waals surface area contributed by atoms with Crippen molar-refractivity contribution in [3.05, 3.63) is 29.3 Å². The number of nitrogens with zero attached hydrogens (tertiary/aromatic N) is 3. The predicted octanol–water partition coefficient (Wildman–Crippen LogP) is 3.72. The summed E-state index contributed by atoms with van der Waals surface area (Å²) in [6.07, 6.45) is 1.98. The summed E-state index contributed by atoms with van der Waals surface area (Å²) in [5.41, 5.74) is 1.02. The van der Waals surface area contributed by atoms with Crippen LogP contribution in [-0.4, -0.2) is 33.5 Å². The number of ether oxygens (including phenoxy) is 1. The van der Waals surface area contributed by atoms with Crippen LogP contribution in [-0.2, 0) is 0 Å². The largest absolute Gasteiger partial charge is 0.496 e. The molecule has 0 unspecified atom stereocenters. The monoisotopic (exact) mass is 417 g/mol. The lowest BCUT2D eigenvalue weighted by Gasteiger charge is -2.24. The number of rotatable bonds is 3. The van der Waals surface area contributed by atoms with Crippen molar-refractivity contribution in [3.8, 4) is 17.2 Å². The first kappa shape index (κ1) is 15.7. The van der Waals surface area contributed by atoms with Crippen LogP contribution in [0.3, 0.4) is 0 Å². The molecule has 5 nitrogen and oxygen atoms in total. The molecule has 1 aliphatic rings. The Morgan fingerprint density at radius 2 is 2.09 bits per heavy atom. The second-order valence-electron chi connectivity index (χ2n) is 5.44. The molecule has 3 rings (SSSR count). The molecule has 0 N–H and O–H groups in total. The summed E-state index contributed by atoms with van der Waals surface area (Å²) in [6.45, 7) is 3.80. The molecule has 0 spiro atoms. The fourth-order valence-electron chi connectivity index (χ4n) is 2.65. The van der Waals surface area contributed by atoms with Crippen LogP contribution in [0.5, 0.6) is 5.75 Å². The van der Waals surface area contributed by atoms with E-state index in [1.807, 2.05) is 0 Å². The van der Waals surface area contributed by atoms with Gasteiger partial charge in [-0.3, -0.25) is 0 Å². The molecule has 1 aliphatic heterocycles. The molecule has 0 amide bonds. The Balaban J connectivity index is 1.87. The second kappa shape index (κ2) is 6.49. The quantitative estimate of drug-likeness (QED) is 0.563. The smallest absolute Gasteiger partial charge is 0.261 e. The van der Waals surface area contributed by atoms with Crippen LogP contribution < -0.4 is 4.74 Å². The molecule has 0 atom stereocenters. The minimum atomic E-state index is -0.379. The first-order valence-corrected chi connectivity index (χ1v) is 8.14. The number of benzene rings is 1. The third-order valence-electron chi connectivity index (χ3n) is 3.96. The van der Waals surface area contributed by atoms with Gasteiger partial charge in [-0.25, -0.2) is 7.50 Å². The van der Waals surface area contributed by atoms with Crippen molar-refractivity contribution in [3.63, 3.8) is 0 Å². The third kappa shape index (κ3) is 3.10. The van der Waals surface area contributed by atoms with Crippen molar-refractivity contribution in [1.29, 1.82) is 0 Å². The zero-order valence-corrected chi connectivity index (χ0v) is 14.6. The molecule has 22 heavy (non-hydrogen) atoms. The number of aryl methyl sites for hydroxylation is 1. The van der Waals surface area contributed by atoms with Gasteiger partial charge in [-0.15, -0.1) is 0 Å². The van der Waals surface area contributed by atoms with Gasteiger partial charge in [0.1, 0.15) is 11.6 Å². The number of piperidine rings is 1. The first-order valence-electron chi connectivity index (χ1n) is 7.17. The topological polar surface area (TPSA) is 51.4 Å². The van der Waals surface area contributed by atoms with Gasteiger partial charge < -0.3 is 9.26 Å². The summed E-state index contributed by atoms with van der Waals surface area (Å²) in [6, 6.07) is 3.03. The minimum Gasteiger partial charge on any atom is -0.496 e. The van der Waals surface area contributed by atoms with E-state index in [-0.39, 0.29) is 23.2 Å². The average Bonchev–Trinajstić information content (AvgIpc) is 2.98. The second-order valence-corrected chi connectivity index (χ2v) is 6.81. The summed E-state index contributed by atoms with van der Waals surface area (Å²) in [7, 11) is 1.56. The van der Waals surface area contributed by atoms with Gasteiger partial charge in [0.2, 0.25) is 0 Å². The molecule has 2 heterocycles. The molecule has 0 saturated carbocycles. The maximum atomic E-state index is 14.2. The highest BCUT2D eigenvalue weighted by molar-refractivity contribution is 14.1. The Morgan fingerprint density at radius 1 is 1.36 bits per heavy atom. The Labute approximate surface area is 142 Å². The highest BCUT2D eigenvalue weighted by atomic mass is 127. The van der Waals surface area contributed by atoms with Crippen molar-refractivity contribution < 1.29 is 13.7 Å². The zero-order valence-electron chi connectivity index (χ0n) is 12.5. The van der Waals surface area contributed by atoms with Gasteiger partial charge in [-0.2, -0.15) is 4.98 Å². The van der Waals surface area contributed by atoms with Gasteiger partial charge in [0, 0.05) is 41.9 Å². The maximum absolute atomic E-state index is 14.2. The Kier molecular flexibility index (Phi) is 4.62. The normalized spacial score (nSPS) is 16.9. The Hall–Kier alpha value is -1.22. The number of hydrogen-bond donors (Lipinski definition) is 0. The van der Waals surface area contributed by atoms with Gasteiger partial charge in [-0.1, -0.05) is 5.16 Å². The summed E-state index contributed by atoms with van der Waals surface area (Å²) >= 11 is 2.32. The fraction of sp³-hybridized carbons (Fsp3) is 0.467. The average molecular weight is 417 g/mol. The number of methoxy groups -OCH3 is 1. The fourth-order valence-corrected chi connectivity index (χ4v) is 3.21. The predicted molar refractivity (Wildman–Crippen MR) is 88.5 cm³/mol. The van der Waals surface area contributed by atoms with Gasteiger partial charge in [0.15, 0.2) is 5.82 Å². The molecule has 0 aliphatic carbocycles. The van der Waals surface area contributed by atoms with Crippen LogP contribution in [0.1, 0.15) is 30.1 Å². The zero-order chi connectivity index (χ0) is 15.7. The molecule has 1 aromatic heterocycles. The molecule has 2 aromatic rings. The summed E-state index contributed by atoms with van der Waals surface area (Å²) in [4.78, 5) is 4.40. The van der Waals surface area contributed by atoms with Gasteiger partial charge >= 0.3 is 0 Å². The summed E-state index contributed by atoms with van der Waals surface area (Å²) in [5, 5.41) is 4.05. The third-order valence-corrected chi connectivity index (χ3v) is 4.93. The van der Waals surface area contributed by atoms with Crippen LogP contribution in [0.25, 0.3) is 11.5 Å². The number of hydrogen-bond acceptors (Lipinski definition) is 5. The van der Waals surface area contributed by atoms with E-state index in [2.05, 4.69) is 36.1 Å². The Morgan fingerprint density at radius 3 is 2.77 bits per heavy atom. The summed E-state index contributed by atoms with van der Waals surface area (Å²) in [5.74, 6) is 1.38. The number of aromatic nitrogens is 2. The van der Waals surface area contributed by atoms with E-state index < -0.39 is 0 Å². The molecule has 0 bridgehead atoms. The van der Waals surface area contributed by atoms with Gasteiger partial charge in [0.05, 0.1) is 12.7 Å². The van der Waals surface area contributed by atoms with E-state index in [0.717, 1.165) is 31.5 Å². The van der Waals surface area contributed by atoms with Crippen LogP contribution in [0.4, 0.5) is 4.39 Å². The van der Waals surface area contributed by atoms with Crippen molar-refractivity contribution in [2.75, 3.05) is 20.2 Å². The summed E-state index contributed by atoms with van der Waals surface area (Å²) < 4.78 is 26.9. The van der Waals surface area contributed by atoms with E-state index in [1.165, 1.54) is 6.07 Å². The van der Waals surface area contributed by atoms with Crippen LogP contribution in [0, 0.1) is 12.7 Å². The maximum Gasteiger partial charge on any atom is 0.261 e. The van der Waals surface area contributed by atoms with E-state index in [9.17, 15) is 4.39 Å². The lowest BCUT2D eigenvalue weighted by Crippen LogP contribution is -2.25. The molecule has 1 fully saturated rings. The lowest BCUT2D eigenvalue weighted by molar-refractivity contribution is 0.345. The highest BCUT2D eigenvalue weighted by Gasteiger charge is 2.25. The van der Waals surface area contributed by atoms with Crippen molar-refractivity contribution >= 4 is 22.9 Å². The van der Waals surface area contributed by atoms with Crippen LogP contribution in [0.2, 0.25) is 0 Å². The molecule has 0 radical (unpaired) electrons. The molecule has 1 saturated heterocycles. The van der Waals surface area contributed by atoms with Crippen LogP contribution >= 0.6 is 22.9 Å². The van der Waals surface area contributed by atoms with Crippen molar-refractivity contribution in [2.24, 2.45) is 0 Å². The van der Waals surface area contributed by atoms with Crippen molar-refractivity contribution in [2.45, 2.75) is 25.7 Å². The van der Waals surface area contributed by atoms with E-state index >= 15 is 0 Å². The minimum absolute atomic E-state index is 0.211. The van der Waals surface area contributed by atoms with E-state index in [1.54, 1.807) is 20.1 Å². The molecule has 118 valence electrons. The van der Waals surface area contributed by atoms with Crippen LogP contribution in [0.15, 0.2) is 16.7 Å².